The van der Waals surface area contributed by atoms with Gasteiger partial charge in [0.25, 0.3) is 0 Å². The SMILES string of the molecule is COc1cc2c(NCC(=O)NC(C)C)ncnc2cc1F. The Bertz CT molecular complexity index is 661. The number of carbonyl (C=O) groups is 1. The molecule has 1 aromatic carbocycles. The second kappa shape index (κ2) is 6.34. The molecule has 1 heterocycles. The number of anilines is 1. The molecule has 0 aliphatic rings. The number of nitrogens with zero attached hydrogens (tertiary/aromatic N) is 2. The lowest BCUT2D eigenvalue weighted by molar-refractivity contribution is -0.119. The second-order valence-electron chi connectivity index (χ2n) is 4.80. The van der Waals surface area contributed by atoms with Gasteiger partial charge in [0.15, 0.2) is 11.6 Å². The molecule has 2 N–H and O–H groups in total. The fourth-order valence-electron chi connectivity index (χ4n) is 1.89. The highest BCUT2D eigenvalue weighted by atomic mass is 19.1. The average Bonchev–Trinajstić information content (AvgIpc) is 2.43. The van der Waals surface area contributed by atoms with E-state index in [0.29, 0.717) is 16.7 Å². The van der Waals surface area contributed by atoms with E-state index in [2.05, 4.69) is 20.6 Å². The minimum Gasteiger partial charge on any atom is -0.494 e. The van der Waals surface area contributed by atoms with E-state index in [1.54, 1.807) is 0 Å². The first kappa shape index (κ1) is 15.0. The molecule has 6 nitrogen and oxygen atoms in total. The summed E-state index contributed by atoms with van der Waals surface area (Å²) < 4.78 is 18.6. The largest absolute Gasteiger partial charge is 0.494 e. The van der Waals surface area contributed by atoms with Crippen LogP contribution < -0.4 is 15.4 Å². The lowest BCUT2D eigenvalue weighted by Crippen LogP contribution is -2.35. The number of hydrogen-bond acceptors (Lipinski definition) is 5. The van der Waals surface area contributed by atoms with Crippen LogP contribution in [0.1, 0.15) is 13.8 Å². The zero-order valence-electron chi connectivity index (χ0n) is 12.1. The van der Waals surface area contributed by atoms with Gasteiger partial charge in [0.1, 0.15) is 12.1 Å². The predicted molar refractivity (Wildman–Crippen MR) is 77.8 cm³/mol. The highest BCUT2D eigenvalue weighted by molar-refractivity contribution is 5.91. The first-order chi connectivity index (χ1) is 10.0. The maximum absolute atomic E-state index is 13.6. The molecule has 0 aliphatic carbocycles. The molecule has 21 heavy (non-hydrogen) atoms. The first-order valence-electron chi connectivity index (χ1n) is 6.52. The van der Waals surface area contributed by atoms with Crippen molar-refractivity contribution in [3.05, 3.63) is 24.3 Å². The van der Waals surface area contributed by atoms with E-state index in [0.717, 1.165) is 0 Å². The van der Waals surface area contributed by atoms with E-state index >= 15 is 0 Å². The van der Waals surface area contributed by atoms with Gasteiger partial charge in [-0.2, -0.15) is 0 Å². The van der Waals surface area contributed by atoms with E-state index in [-0.39, 0.29) is 24.2 Å². The van der Waals surface area contributed by atoms with Crippen LogP contribution in [0.3, 0.4) is 0 Å². The number of aromatic nitrogens is 2. The van der Waals surface area contributed by atoms with E-state index in [9.17, 15) is 9.18 Å². The fourth-order valence-corrected chi connectivity index (χ4v) is 1.89. The maximum Gasteiger partial charge on any atom is 0.239 e. The Labute approximate surface area is 121 Å². The summed E-state index contributed by atoms with van der Waals surface area (Å²) in [7, 11) is 1.39. The van der Waals surface area contributed by atoms with Crippen LogP contribution in [0.4, 0.5) is 10.2 Å². The van der Waals surface area contributed by atoms with Gasteiger partial charge in [0, 0.05) is 17.5 Å². The summed E-state index contributed by atoms with van der Waals surface area (Å²) in [5, 5.41) is 6.28. The van der Waals surface area contributed by atoms with Crippen molar-refractivity contribution in [2.24, 2.45) is 0 Å². The van der Waals surface area contributed by atoms with E-state index < -0.39 is 5.82 Å². The molecule has 0 unspecified atom stereocenters. The number of methoxy groups -OCH3 is 1. The monoisotopic (exact) mass is 292 g/mol. The lowest BCUT2D eigenvalue weighted by atomic mass is 10.2. The van der Waals surface area contributed by atoms with Crippen molar-refractivity contribution < 1.29 is 13.9 Å². The van der Waals surface area contributed by atoms with Gasteiger partial charge in [0.05, 0.1) is 19.2 Å². The Morgan fingerprint density at radius 3 is 2.81 bits per heavy atom. The molecule has 0 fully saturated rings. The van der Waals surface area contributed by atoms with Crippen molar-refractivity contribution in [1.29, 1.82) is 0 Å². The zero-order valence-corrected chi connectivity index (χ0v) is 12.1. The van der Waals surface area contributed by atoms with Crippen molar-refractivity contribution in [3.8, 4) is 5.75 Å². The number of benzene rings is 1. The van der Waals surface area contributed by atoms with Crippen LogP contribution in [0.5, 0.6) is 5.75 Å². The zero-order chi connectivity index (χ0) is 15.4. The van der Waals surface area contributed by atoms with Gasteiger partial charge in [-0.1, -0.05) is 0 Å². The van der Waals surface area contributed by atoms with E-state index in [1.165, 1.54) is 25.6 Å². The van der Waals surface area contributed by atoms with Crippen LogP contribution in [-0.4, -0.2) is 35.6 Å². The van der Waals surface area contributed by atoms with Crippen molar-refractivity contribution in [3.63, 3.8) is 0 Å². The van der Waals surface area contributed by atoms with Gasteiger partial charge in [-0.3, -0.25) is 4.79 Å². The number of amides is 1. The van der Waals surface area contributed by atoms with Crippen molar-refractivity contribution >= 4 is 22.6 Å². The third kappa shape index (κ3) is 3.56. The Morgan fingerprint density at radius 1 is 1.38 bits per heavy atom. The van der Waals surface area contributed by atoms with Crippen molar-refractivity contribution in [2.45, 2.75) is 19.9 Å². The van der Waals surface area contributed by atoms with Crippen LogP contribution in [0.25, 0.3) is 10.9 Å². The summed E-state index contributed by atoms with van der Waals surface area (Å²) in [6.45, 7) is 3.83. The molecule has 0 atom stereocenters. The summed E-state index contributed by atoms with van der Waals surface area (Å²) >= 11 is 0. The summed E-state index contributed by atoms with van der Waals surface area (Å²) in [4.78, 5) is 19.7. The molecule has 0 bridgehead atoms. The minimum absolute atomic E-state index is 0.0654. The molecule has 0 spiro atoms. The lowest BCUT2D eigenvalue weighted by Gasteiger charge is -2.11. The summed E-state index contributed by atoms with van der Waals surface area (Å²) in [6.07, 6.45) is 1.32. The molecule has 2 rings (SSSR count). The van der Waals surface area contributed by atoms with Gasteiger partial charge in [-0.15, -0.1) is 0 Å². The fraction of sp³-hybridized carbons (Fsp3) is 0.357. The topological polar surface area (TPSA) is 76.1 Å². The number of hydrogen-bond donors (Lipinski definition) is 2. The van der Waals surface area contributed by atoms with Crippen molar-refractivity contribution in [2.75, 3.05) is 19.0 Å². The number of carbonyl (C=O) groups excluding carboxylic acids is 1. The maximum atomic E-state index is 13.6. The Kier molecular flexibility index (Phi) is 4.52. The molecule has 0 saturated heterocycles. The molecule has 112 valence electrons. The Hall–Kier alpha value is -2.44. The molecule has 2 aromatic rings. The predicted octanol–water partition coefficient (Wildman–Crippen LogP) is 1.71. The van der Waals surface area contributed by atoms with Crippen LogP contribution >= 0.6 is 0 Å². The Balaban J connectivity index is 2.25. The summed E-state index contributed by atoms with van der Waals surface area (Å²) in [5.41, 5.74) is 0.440. The molecule has 7 heteroatoms. The molecule has 1 aromatic heterocycles. The summed E-state index contributed by atoms with van der Waals surface area (Å²) in [5.74, 6) is -0.0813. The first-order valence-corrected chi connectivity index (χ1v) is 6.52. The van der Waals surface area contributed by atoms with E-state index in [1.807, 2.05) is 13.8 Å². The Morgan fingerprint density at radius 2 is 2.14 bits per heavy atom. The van der Waals surface area contributed by atoms with Gasteiger partial charge < -0.3 is 15.4 Å². The third-order valence-corrected chi connectivity index (χ3v) is 2.77. The number of fused-ring (bicyclic) bond motifs is 1. The van der Waals surface area contributed by atoms with Gasteiger partial charge in [-0.05, 0) is 19.9 Å². The number of rotatable bonds is 5. The molecule has 1 amide bonds. The van der Waals surface area contributed by atoms with Crippen LogP contribution in [0, 0.1) is 5.82 Å². The van der Waals surface area contributed by atoms with Gasteiger partial charge in [-0.25, -0.2) is 14.4 Å². The van der Waals surface area contributed by atoms with Gasteiger partial charge >= 0.3 is 0 Å². The number of ether oxygens (including phenoxy) is 1. The standard InChI is InChI=1S/C14H17FN4O2/c1-8(2)19-13(20)6-16-14-9-4-12(21-3)10(15)5-11(9)17-7-18-14/h4-5,7-8H,6H2,1-3H3,(H,19,20)(H,16,17,18). The third-order valence-electron chi connectivity index (χ3n) is 2.77. The molecular formula is C14H17FN4O2. The molecule has 0 radical (unpaired) electrons. The number of halogens is 1. The number of nitrogens with one attached hydrogen (secondary N) is 2. The van der Waals surface area contributed by atoms with Gasteiger partial charge in [0.2, 0.25) is 5.91 Å². The highest BCUT2D eigenvalue weighted by Crippen LogP contribution is 2.27. The van der Waals surface area contributed by atoms with Crippen molar-refractivity contribution in [1.82, 2.24) is 15.3 Å². The molecule has 0 aliphatic heterocycles. The molecular weight excluding hydrogens is 275 g/mol. The van der Waals surface area contributed by atoms with Crippen LogP contribution in [0.2, 0.25) is 0 Å². The normalized spacial score (nSPS) is 10.7. The van der Waals surface area contributed by atoms with E-state index in [4.69, 9.17) is 4.74 Å². The van der Waals surface area contributed by atoms with Crippen LogP contribution in [0.15, 0.2) is 18.5 Å². The molecule has 0 saturated carbocycles. The minimum atomic E-state index is -0.493. The van der Waals surface area contributed by atoms with Crippen LogP contribution in [-0.2, 0) is 4.79 Å². The highest BCUT2D eigenvalue weighted by Gasteiger charge is 2.11. The quantitative estimate of drug-likeness (QED) is 0.877. The smallest absolute Gasteiger partial charge is 0.239 e. The second-order valence-corrected chi connectivity index (χ2v) is 4.80. The average molecular weight is 292 g/mol. The summed E-state index contributed by atoms with van der Waals surface area (Å²) in [6, 6.07) is 2.85.